The molecule has 7 heteroatoms. The summed E-state index contributed by atoms with van der Waals surface area (Å²) >= 11 is 2.60. The predicted molar refractivity (Wildman–Crippen MR) is 98.3 cm³/mol. The van der Waals surface area contributed by atoms with Crippen molar-refractivity contribution in [1.82, 2.24) is 4.98 Å². The summed E-state index contributed by atoms with van der Waals surface area (Å²) in [7, 11) is -3.61. The molecule has 0 aliphatic rings. The van der Waals surface area contributed by atoms with E-state index in [1.807, 2.05) is 25.3 Å². The molecule has 0 unspecified atom stereocenters. The van der Waals surface area contributed by atoms with E-state index in [0.29, 0.717) is 15.3 Å². The van der Waals surface area contributed by atoms with Gasteiger partial charge in [-0.2, -0.15) is 0 Å². The average Bonchev–Trinajstić information content (AvgIpc) is 3.02. The third kappa shape index (κ3) is 3.13. The summed E-state index contributed by atoms with van der Waals surface area (Å²) in [5.41, 5.74) is 2.82. The van der Waals surface area contributed by atoms with Gasteiger partial charge in [0.1, 0.15) is 4.21 Å². The van der Waals surface area contributed by atoms with E-state index in [9.17, 15) is 8.42 Å². The maximum atomic E-state index is 12.7. The fraction of sp³-hybridized carbons (Fsp3) is 0.312. The molecule has 0 spiro atoms. The molecule has 122 valence electrons. The Balaban J connectivity index is 2.06. The Bertz CT molecular complexity index is 969. The SMILES string of the molecule is Cc1csc(NS(=O)(=O)c2sc3ccc(C(C)C)cc3c2C)n1. The Morgan fingerprint density at radius 1 is 1.22 bits per heavy atom. The first kappa shape index (κ1) is 16.4. The number of hydrogen-bond donors (Lipinski definition) is 1. The summed E-state index contributed by atoms with van der Waals surface area (Å²) in [4.78, 5) is 4.18. The van der Waals surface area contributed by atoms with Gasteiger partial charge in [0.25, 0.3) is 10.0 Å². The van der Waals surface area contributed by atoms with Crippen LogP contribution in [0.1, 0.15) is 36.6 Å². The molecule has 0 atom stereocenters. The molecular formula is C16H18N2O2S3. The van der Waals surface area contributed by atoms with Crippen LogP contribution in [-0.2, 0) is 10.0 Å². The van der Waals surface area contributed by atoms with Crippen molar-refractivity contribution in [3.8, 4) is 0 Å². The lowest BCUT2D eigenvalue weighted by Gasteiger charge is -2.05. The van der Waals surface area contributed by atoms with Crippen LogP contribution in [-0.4, -0.2) is 13.4 Å². The number of rotatable bonds is 4. The lowest BCUT2D eigenvalue weighted by Crippen LogP contribution is -2.12. The van der Waals surface area contributed by atoms with Gasteiger partial charge in [0.2, 0.25) is 0 Å². The molecule has 1 aromatic carbocycles. The Hall–Kier alpha value is -1.44. The summed E-state index contributed by atoms with van der Waals surface area (Å²) in [5, 5.41) is 3.24. The van der Waals surface area contributed by atoms with E-state index >= 15 is 0 Å². The number of hydrogen-bond acceptors (Lipinski definition) is 5. The number of benzene rings is 1. The van der Waals surface area contributed by atoms with Crippen molar-refractivity contribution in [3.05, 3.63) is 40.4 Å². The lowest BCUT2D eigenvalue weighted by molar-refractivity contribution is 0.602. The molecule has 3 aromatic rings. The molecule has 0 bridgehead atoms. The number of aromatic nitrogens is 1. The van der Waals surface area contributed by atoms with E-state index in [0.717, 1.165) is 21.3 Å². The fourth-order valence-corrected chi connectivity index (χ4v) is 6.08. The highest BCUT2D eigenvalue weighted by Crippen LogP contribution is 2.36. The highest BCUT2D eigenvalue weighted by atomic mass is 32.2. The van der Waals surface area contributed by atoms with E-state index in [2.05, 4.69) is 35.7 Å². The van der Waals surface area contributed by atoms with Crippen LogP contribution in [0.3, 0.4) is 0 Å². The number of nitrogens with one attached hydrogen (secondary N) is 1. The predicted octanol–water partition coefficient (Wildman–Crippen LogP) is 4.90. The average molecular weight is 367 g/mol. The van der Waals surface area contributed by atoms with Gasteiger partial charge in [-0.3, -0.25) is 4.72 Å². The van der Waals surface area contributed by atoms with Crippen molar-refractivity contribution in [1.29, 1.82) is 0 Å². The molecule has 4 nitrogen and oxygen atoms in total. The first-order valence-corrected chi connectivity index (χ1v) is 10.4. The molecule has 0 aliphatic carbocycles. The Labute approximate surface area is 144 Å². The summed E-state index contributed by atoms with van der Waals surface area (Å²) in [6, 6.07) is 6.17. The fourth-order valence-electron chi connectivity index (χ4n) is 2.39. The van der Waals surface area contributed by atoms with Crippen LogP contribution >= 0.6 is 22.7 Å². The molecule has 1 N–H and O–H groups in total. The monoisotopic (exact) mass is 366 g/mol. The lowest BCUT2D eigenvalue weighted by atomic mass is 10.0. The Morgan fingerprint density at radius 2 is 1.96 bits per heavy atom. The minimum atomic E-state index is -3.61. The standard InChI is InChI=1S/C16H18N2O2S3/c1-9(2)12-5-6-14-13(7-12)11(4)15(22-14)23(19,20)18-16-17-10(3)8-21-16/h5-9H,1-4H3,(H,17,18). The molecule has 0 saturated carbocycles. The highest BCUT2D eigenvalue weighted by Gasteiger charge is 2.23. The van der Waals surface area contributed by atoms with Crippen LogP contribution in [0.2, 0.25) is 0 Å². The van der Waals surface area contributed by atoms with E-state index in [4.69, 9.17) is 0 Å². The van der Waals surface area contributed by atoms with Gasteiger partial charge in [-0.05, 0) is 48.4 Å². The second kappa shape index (κ2) is 5.89. The van der Waals surface area contributed by atoms with Crippen LogP contribution < -0.4 is 4.72 Å². The van der Waals surface area contributed by atoms with Crippen molar-refractivity contribution in [2.24, 2.45) is 0 Å². The number of sulfonamides is 1. The summed E-state index contributed by atoms with van der Waals surface area (Å²) < 4.78 is 29.3. The molecular weight excluding hydrogens is 348 g/mol. The van der Waals surface area contributed by atoms with Gasteiger partial charge in [0.15, 0.2) is 5.13 Å². The maximum Gasteiger partial charge on any atom is 0.273 e. The van der Waals surface area contributed by atoms with Crippen LogP contribution in [0.15, 0.2) is 27.8 Å². The quantitative estimate of drug-likeness (QED) is 0.714. The smallest absolute Gasteiger partial charge is 0.254 e. The van der Waals surface area contributed by atoms with Gasteiger partial charge in [0, 0.05) is 10.1 Å². The number of nitrogens with zero attached hydrogens (tertiary/aromatic N) is 1. The molecule has 0 amide bonds. The second-order valence-corrected chi connectivity index (χ2v) is 9.61. The normalized spacial score (nSPS) is 12.2. The number of fused-ring (bicyclic) bond motifs is 1. The first-order chi connectivity index (χ1) is 10.8. The minimum Gasteiger partial charge on any atom is -0.254 e. The molecule has 2 aromatic heterocycles. The van der Waals surface area contributed by atoms with E-state index in [-0.39, 0.29) is 0 Å². The number of thiophene rings is 1. The van der Waals surface area contributed by atoms with Crippen LogP contribution in [0.5, 0.6) is 0 Å². The Morgan fingerprint density at radius 3 is 2.57 bits per heavy atom. The summed E-state index contributed by atoms with van der Waals surface area (Å²) in [6.45, 7) is 7.97. The summed E-state index contributed by atoms with van der Waals surface area (Å²) in [5.74, 6) is 0.412. The topological polar surface area (TPSA) is 59.1 Å². The number of thiazole rings is 1. The van der Waals surface area contributed by atoms with Gasteiger partial charge in [-0.1, -0.05) is 19.9 Å². The van der Waals surface area contributed by atoms with Crippen molar-refractivity contribution < 1.29 is 8.42 Å². The Kier molecular flexibility index (Phi) is 4.20. The number of aryl methyl sites for hydroxylation is 2. The second-order valence-electron chi connectivity index (χ2n) is 5.82. The third-order valence-electron chi connectivity index (χ3n) is 3.67. The zero-order valence-electron chi connectivity index (χ0n) is 13.4. The zero-order chi connectivity index (χ0) is 16.8. The van der Waals surface area contributed by atoms with Crippen molar-refractivity contribution in [2.75, 3.05) is 4.72 Å². The molecule has 3 rings (SSSR count). The van der Waals surface area contributed by atoms with Crippen LogP contribution in [0, 0.1) is 13.8 Å². The molecule has 0 aliphatic heterocycles. The third-order valence-corrected chi connectivity index (χ3v) is 7.90. The number of anilines is 1. The van der Waals surface area contributed by atoms with Crippen molar-refractivity contribution in [2.45, 2.75) is 37.8 Å². The van der Waals surface area contributed by atoms with Crippen LogP contribution in [0.4, 0.5) is 5.13 Å². The van der Waals surface area contributed by atoms with Crippen molar-refractivity contribution in [3.63, 3.8) is 0 Å². The van der Waals surface area contributed by atoms with Gasteiger partial charge in [-0.25, -0.2) is 13.4 Å². The summed E-state index contributed by atoms with van der Waals surface area (Å²) in [6.07, 6.45) is 0. The first-order valence-electron chi connectivity index (χ1n) is 7.26. The van der Waals surface area contributed by atoms with E-state index in [1.54, 1.807) is 0 Å². The minimum absolute atomic E-state index is 0.362. The van der Waals surface area contributed by atoms with Gasteiger partial charge in [0.05, 0.1) is 5.69 Å². The molecule has 0 saturated heterocycles. The molecule has 23 heavy (non-hydrogen) atoms. The van der Waals surface area contributed by atoms with Gasteiger partial charge < -0.3 is 0 Å². The van der Waals surface area contributed by atoms with E-state index in [1.165, 1.54) is 28.2 Å². The molecule has 0 fully saturated rings. The highest BCUT2D eigenvalue weighted by molar-refractivity contribution is 7.95. The van der Waals surface area contributed by atoms with Crippen molar-refractivity contribution >= 4 is 47.9 Å². The van der Waals surface area contributed by atoms with Gasteiger partial charge >= 0.3 is 0 Å². The largest absolute Gasteiger partial charge is 0.273 e. The molecule has 0 radical (unpaired) electrons. The molecule has 2 heterocycles. The van der Waals surface area contributed by atoms with Crippen LogP contribution in [0.25, 0.3) is 10.1 Å². The van der Waals surface area contributed by atoms with Gasteiger partial charge in [-0.15, -0.1) is 22.7 Å². The zero-order valence-corrected chi connectivity index (χ0v) is 15.8. The maximum absolute atomic E-state index is 12.7. The van der Waals surface area contributed by atoms with E-state index < -0.39 is 10.0 Å².